The molecule has 0 bridgehead atoms. The third kappa shape index (κ3) is 3.55. The number of methoxy groups -OCH3 is 1. The van der Waals surface area contributed by atoms with Crippen molar-refractivity contribution in [2.45, 2.75) is 0 Å². The third-order valence-electron chi connectivity index (χ3n) is 3.35. The topological polar surface area (TPSA) is 51.5 Å². The number of anilines is 1. The molecule has 3 rings (SSSR count). The zero-order chi connectivity index (χ0) is 17.1. The summed E-state index contributed by atoms with van der Waals surface area (Å²) in [5.41, 5.74) is 1.28. The number of carbonyl (C=O) groups is 1. The molecule has 0 aliphatic rings. The van der Waals surface area contributed by atoms with E-state index in [0.717, 1.165) is 0 Å². The van der Waals surface area contributed by atoms with Crippen molar-refractivity contribution in [2.24, 2.45) is 0 Å². The summed E-state index contributed by atoms with van der Waals surface area (Å²) in [4.78, 5) is 12.3. The summed E-state index contributed by atoms with van der Waals surface area (Å²) in [6, 6.07) is 15.4. The van der Waals surface area contributed by atoms with Crippen molar-refractivity contribution in [3.8, 4) is 17.1 Å². The predicted octanol–water partition coefficient (Wildman–Crippen LogP) is 5.51. The van der Waals surface area contributed by atoms with Gasteiger partial charge in [-0.05, 0) is 42.5 Å². The molecule has 1 N–H and O–H groups in total. The second kappa shape index (κ2) is 6.99. The van der Waals surface area contributed by atoms with E-state index in [0.29, 0.717) is 32.8 Å². The summed E-state index contributed by atoms with van der Waals surface area (Å²) >= 11 is 12.0. The van der Waals surface area contributed by atoms with Crippen molar-refractivity contribution < 1.29 is 13.9 Å². The van der Waals surface area contributed by atoms with Gasteiger partial charge in [0, 0.05) is 22.3 Å². The van der Waals surface area contributed by atoms with E-state index in [-0.39, 0.29) is 11.7 Å². The highest BCUT2D eigenvalue weighted by atomic mass is 35.5. The van der Waals surface area contributed by atoms with Gasteiger partial charge in [0.25, 0.3) is 5.91 Å². The molecule has 0 saturated heterocycles. The van der Waals surface area contributed by atoms with Gasteiger partial charge < -0.3 is 14.5 Å². The second-order valence-corrected chi connectivity index (χ2v) is 5.82. The average molecular weight is 362 g/mol. The molecule has 0 aliphatic carbocycles. The lowest BCUT2D eigenvalue weighted by Crippen LogP contribution is -2.10. The molecule has 1 heterocycles. The first-order valence-electron chi connectivity index (χ1n) is 7.07. The van der Waals surface area contributed by atoms with Gasteiger partial charge in [-0.2, -0.15) is 0 Å². The molecule has 0 unspecified atom stereocenters. The van der Waals surface area contributed by atoms with Crippen LogP contribution >= 0.6 is 23.2 Å². The standard InChI is InChI=1S/C18H13Cl2NO3/c1-23-13-4-2-3-12(10-13)21-18(22)17-8-7-16(24-17)14-6-5-11(19)9-15(14)20/h2-10H,1H3,(H,21,22). The van der Waals surface area contributed by atoms with E-state index in [4.69, 9.17) is 32.4 Å². The van der Waals surface area contributed by atoms with Crippen LogP contribution in [-0.2, 0) is 0 Å². The number of halogens is 2. The smallest absolute Gasteiger partial charge is 0.291 e. The molecule has 4 nitrogen and oxygen atoms in total. The summed E-state index contributed by atoms with van der Waals surface area (Å²) in [5.74, 6) is 0.965. The number of amides is 1. The van der Waals surface area contributed by atoms with E-state index in [1.165, 1.54) is 0 Å². The summed E-state index contributed by atoms with van der Waals surface area (Å²) in [5, 5.41) is 3.74. The molecule has 3 aromatic rings. The molecule has 0 aliphatic heterocycles. The molecule has 0 fully saturated rings. The summed E-state index contributed by atoms with van der Waals surface area (Å²) < 4.78 is 10.7. The number of rotatable bonds is 4. The van der Waals surface area contributed by atoms with Gasteiger partial charge in [0.2, 0.25) is 0 Å². The molecule has 122 valence electrons. The minimum absolute atomic E-state index is 0.179. The van der Waals surface area contributed by atoms with Crippen LogP contribution in [0.2, 0.25) is 10.0 Å². The van der Waals surface area contributed by atoms with Crippen LogP contribution in [0.4, 0.5) is 5.69 Å². The van der Waals surface area contributed by atoms with Gasteiger partial charge in [-0.15, -0.1) is 0 Å². The van der Waals surface area contributed by atoms with Gasteiger partial charge in [-0.25, -0.2) is 0 Å². The van der Waals surface area contributed by atoms with Gasteiger partial charge >= 0.3 is 0 Å². The van der Waals surface area contributed by atoms with Crippen molar-refractivity contribution in [2.75, 3.05) is 12.4 Å². The SMILES string of the molecule is COc1cccc(NC(=O)c2ccc(-c3ccc(Cl)cc3Cl)o2)c1. The van der Waals surface area contributed by atoms with Crippen molar-refractivity contribution in [1.82, 2.24) is 0 Å². The Kier molecular flexibility index (Phi) is 4.79. The van der Waals surface area contributed by atoms with Crippen LogP contribution in [0.1, 0.15) is 10.6 Å². The van der Waals surface area contributed by atoms with Crippen LogP contribution in [0.5, 0.6) is 5.75 Å². The number of ether oxygens (including phenoxy) is 1. The molecule has 0 radical (unpaired) electrons. The molecule has 24 heavy (non-hydrogen) atoms. The van der Waals surface area contributed by atoms with Crippen LogP contribution in [-0.4, -0.2) is 13.0 Å². The summed E-state index contributed by atoms with van der Waals surface area (Å²) in [7, 11) is 1.57. The molecule has 1 amide bonds. The minimum Gasteiger partial charge on any atom is -0.497 e. The Morgan fingerprint density at radius 2 is 1.92 bits per heavy atom. The number of nitrogens with one attached hydrogen (secondary N) is 1. The molecule has 0 atom stereocenters. The number of benzene rings is 2. The van der Waals surface area contributed by atoms with Crippen LogP contribution < -0.4 is 10.1 Å². The van der Waals surface area contributed by atoms with E-state index in [9.17, 15) is 4.79 Å². The number of hydrogen-bond acceptors (Lipinski definition) is 3. The number of hydrogen-bond donors (Lipinski definition) is 1. The highest BCUT2D eigenvalue weighted by Crippen LogP contribution is 2.31. The largest absolute Gasteiger partial charge is 0.497 e. The van der Waals surface area contributed by atoms with Gasteiger partial charge in [0.1, 0.15) is 11.5 Å². The molecular formula is C18H13Cl2NO3. The van der Waals surface area contributed by atoms with Gasteiger partial charge in [-0.1, -0.05) is 29.3 Å². The maximum absolute atomic E-state index is 12.3. The van der Waals surface area contributed by atoms with Gasteiger partial charge in [-0.3, -0.25) is 4.79 Å². The molecule has 2 aromatic carbocycles. The third-order valence-corrected chi connectivity index (χ3v) is 3.90. The highest BCUT2D eigenvalue weighted by molar-refractivity contribution is 6.36. The zero-order valence-corrected chi connectivity index (χ0v) is 14.2. The first-order valence-corrected chi connectivity index (χ1v) is 7.83. The summed E-state index contributed by atoms with van der Waals surface area (Å²) in [6.07, 6.45) is 0. The lowest BCUT2D eigenvalue weighted by molar-refractivity contribution is 0.0997. The summed E-state index contributed by atoms with van der Waals surface area (Å²) in [6.45, 7) is 0. The Balaban J connectivity index is 1.80. The first kappa shape index (κ1) is 16.4. The Hall–Kier alpha value is -2.43. The number of carbonyl (C=O) groups excluding carboxylic acids is 1. The van der Waals surface area contributed by atoms with E-state index in [2.05, 4.69) is 5.32 Å². The monoisotopic (exact) mass is 361 g/mol. The fourth-order valence-corrected chi connectivity index (χ4v) is 2.69. The van der Waals surface area contributed by atoms with Gasteiger partial charge in [0.15, 0.2) is 5.76 Å². The molecule has 1 aromatic heterocycles. The van der Waals surface area contributed by atoms with Crippen LogP contribution in [0, 0.1) is 0 Å². The second-order valence-electron chi connectivity index (χ2n) is 4.97. The fraction of sp³-hybridized carbons (Fsp3) is 0.0556. The molecule has 6 heteroatoms. The quantitative estimate of drug-likeness (QED) is 0.665. The zero-order valence-electron chi connectivity index (χ0n) is 12.7. The van der Waals surface area contributed by atoms with Gasteiger partial charge in [0.05, 0.1) is 12.1 Å². The van der Waals surface area contributed by atoms with Crippen molar-refractivity contribution in [1.29, 1.82) is 0 Å². The normalized spacial score (nSPS) is 10.5. The van der Waals surface area contributed by atoms with E-state index >= 15 is 0 Å². The number of furan rings is 1. The first-order chi connectivity index (χ1) is 11.6. The Bertz CT molecular complexity index is 889. The lowest BCUT2D eigenvalue weighted by atomic mass is 10.2. The maximum atomic E-state index is 12.3. The van der Waals surface area contributed by atoms with Crippen molar-refractivity contribution in [3.63, 3.8) is 0 Å². The lowest BCUT2D eigenvalue weighted by Gasteiger charge is -2.05. The van der Waals surface area contributed by atoms with Crippen molar-refractivity contribution in [3.05, 3.63) is 70.4 Å². The molecular weight excluding hydrogens is 349 g/mol. The highest BCUT2D eigenvalue weighted by Gasteiger charge is 2.14. The van der Waals surface area contributed by atoms with Crippen molar-refractivity contribution >= 4 is 34.8 Å². The van der Waals surface area contributed by atoms with Crippen LogP contribution in [0.3, 0.4) is 0 Å². The Morgan fingerprint density at radius 3 is 2.67 bits per heavy atom. The Labute approximate surface area is 149 Å². The van der Waals surface area contributed by atoms with E-state index in [1.54, 1.807) is 61.7 Å². The average Bonchev–Trinajstić information content (AvgIpc) is 3.05. The van der Waals surface area contributed by atoms with Crippen LogP contribution in [0.15, 0.2) is 59.0 Å². The minimum atomic E-state index is -0.361. The fourth-order valence-electron chi connectivity index (χ4n) is 2.19. The maximum Gasteiger partial charge on any atom is 0.291 e. The van der Waals surface area contributed by atoms with Crippen LogP contribution in [0.25, 0.3) is 11.3 Å². The Morgan fingerprint density at radius 1 is 1.08 bits per heavy atom. The van der Waals surface area contributed by atoms with E-state index < -0.39 is 0 Å². The molecule has 0 spiro atoms. The van der Waals surface area contributed by atoms with E-state index in [1.807, 2.05) is 0 Å². The molecule has 0 saturated carbocycles. The predicted molar refractivity (Wildman–Crippen MR) is 95.1 cm³/mol.